The van der Waals surface area contributed by atoms with Crippen molar-refractivity contribution in [1.82, 2.24) is 9.38 Å². The van der Waals surface area contributed by atoms with Crippen molar-refractivity contribution in [2.24, 2.45) is 5.73 Å². The second kappa shape index (κ2) is 3.07. The standard InChI is InChI=1S/C8H9N3O2S/c1-4-6(5(9)7(12)13)14-8-10-2-3-11(4)8/h2-3,5H,9H2,1H3,(H,12,13). The summed E-state index contributed by atoms with van der Waals surface area (Å²) in [4.78, 5) is 16.2. The Hall–Kier alpha value is -1.40. The van der Waals surface area contributed by atoms with E-state index in [0.29, 0.717) is 4.88 Å². The number of thiazole rings is 1. The Balaban J connectivity index is 2.57. The summed E-state index contributed by atoms with van der Waals surface area (Å²) in [6.45, 7) is 1.84. The molecule has 14 heavy (non-hydrogen) atoms. The molecule has 3 N–H and O–H groups in total. The van der Waals surface area contributed by atoms with Crippen LogP contribution in [0.15, 0.2) is 12.4 Å². The molecule has 2 rings (SSSR count). The number of carboxylic acids is 1. The van der Waals surface area contributed by atoms with Gasteiger partial charge in [-0.05, 0) is 6.92 Å². The molecule has 2 aromatic heterocycles. The van der Waals surface area contributed by atoms with Crippen LogP contribution in [-0.4, -0.2) is 20.5 Å². The SMILES string of the molecule is Cc1c(C(N)C(=O)O)sc2nccn12. The Morgan fingerprint density at radius 2 is 2.50 bits per heavy atom. The molecule has 0 saturated heterocycles. The number of fused-ring (bicyclic) bond motifs is 1. The van der Waals surface area contributed by atoms with Crippen LogP contribution < -0.4 is 5.73 Å². The summed E-state index contributed by atoms with van der Waals surface area (Å²) >= 11 is 1.31. The molecule has 0 spiro atoms. The average molecular weight is 211 g/mol. The molecule has 0 aliphatic carbocycles. The van der Waals surface area contributed by atoms with Crippen molar-refractivity contribution in [2.75, 3.05) is 0 Å². The van der Waals surface area contributed by atoms with Crippen LogP contribution in [0.2, 0.25) is 0 Å². The maximum absolute atomic E-state index is 10.7. The van der Waals surface area contributed by atoms with Gasteiger partial charge in [-0.3, -0.25) is 9.20 Å². The van der Waals surface area contributed by atoms with Gasteiger partial charge in [-0.2, -0.15) is 0 Å². The second-order valence-corrected chi connectivity index (χ2v) is 3.96. The van der Waals surface area contributed by atoms with Crippen LogP contribution in [0.4, 0.5) is 0 Å². The van der Waals surface area contributed by atoms with Gasteiger partial charge in [-0.1, -0.05) is 11.3 Å². The van der Waals surface area contributed by atoms with E-state index in [0.717, 1.165) is 10.7 Å². The normalized spacial score (nSPS) is 13.3. The fourth-order valence-corrected chi connectivity index (χ4v) is 2.39. The highest BCUT2D eigenvalue weighted by Gasteiger charge is 2.21. The number of rotatable bonds is 2. The molecular formula is C8H9N3O2S. The smallest absolute Gasteiger partial charge is 0.326 e. The first-order valence-corrected chi connectivity index (χ1v) is 4.83. The van der Waals surface area contributed by atoms with Crippen molar-refractivity contribution in [3.05, 3.63) is 23.0 Å². The van der Waals surface area contributed by atoms with E-state index in [1.54, 1.807) is 12.4 Å². The minimum Gasteiger partial charge on any atom is -0.480 e. The van der Waals surface area contributed by atoms with Gasteiger partial charge in [0.2, 0.25) is 0 Å². The Labute approximate surface area is 83.8 Å². The Kier molecular flexibility index (Phi) is 2.01. The number of carbonyl (C=O) groups is 1. The van der Waals surface area contributed by atoms with Crippen LogP contribution >= 0.6 is 11.3 Å². The number of nitrogens with two attached hydrogens (primary N) is 1. The molecule has 0 aliphatic rings. The lowest BCUT2D eigenvalue weighted by molar-refractivity contribution is -0.138. The minimum absolute atomic E-state index is 0.653. The van der Waals surface area contributed by atoms with E-state index in [2.05, 4.69) is 4.98 Å². The molecule has 0 aromatic carbocycles. The number of imidazole rings is 1. The number of carboxylic acid groups (broad SMARTS) is 1. The maximum atomic E-state index is 10.7. The van der Waals surface area contributed by atoms with Crippen molar-refractivity contribution < 1.29 is 9.90 Å². The van der Waals surface area contributed by atoms with E-state index < -0.39 is 12.0 Å². The minimum atomic E-state index is -1.02. The quantitative estimate of drug-likeness (QED) is 0.769. The van der Waals surface area contributed by atoms with Gasteiger partial charge in [0, 0.05) is 18.1 Å². The van der Waals surface area contributed by atoms with Gasteiger partial charge in [-0.25, -0.2) is 4.98 Å². The zero-order chi connectivity index (χ0) is 10.3. The van der Waals surface area contributed by atoms with Crippen LogP contribution in [0.25, 0.3) is 4.96 Å². The third kappa shape index (κ3) is 1.19. The highest BCUT2D eigenvalue weighted by Crippen LogP contribution is 2.26. The molecule has 0 radical (unpaired) electrons. The Bertz CT molecular complexity index is 488. The predicted octanol–water partition coefficient (Wildman–Crippen LogP) is 0.789. The molecule has 74 valence electrons. The van der Waals surface area contributed by atoms with E-state index in [9.17, 15) is 4.79 Å². The molecule has 5 nitrogen and oxygen atoms in total. The summed E-state index contributed by atoms with van der Waals surface area (Å²) in [5, 5.41) is 8.77. The van der Waals surface area contributed by atoms with E-state index in [1.807, 2.05) is 11.3 Å². The van der Waals surface area contributed by atoms with E-state index in [4.69, 9.17) is 10.8 Å². The predicted molar refractivity (Wildman–Crippen MR) is 52.4 cm³/mol. The fraction of sp³-hybridized carbons (Fsp3) is 0.250. The van der Waals surface area contributed by atoms with Gasteiger partial charge < -0.3 is 10.8 Å². The van der Waals surface area contributed by atoms with Gasteiger partial charge in [0.25, 0.3) is 0 Å². The van der Waals surface area contributed by atoms with Gasteiger partial charge in [0.1, 0.15) is 6.04 Å². The molecule has 0 amide bonds. The number of aryl methyl sites for hydroxylation is 1. The van der Waals surface area contributed by atoms with Crippen molar-refractivity contribution in [3.63, 3.8) is 0 Å². The first kappa shape index (κ1) is 9.17. The maximum Gasteiger partial charge on any atom is 0.326 e. The van der Waals surface area contributed by atoms with Crippen LogP contribution in [0.5, 0.6) is 0 Å². The first-order chi connectivity index (χ1) is 6.61. The molecular weight excluding hydrogens is 202 g/mol. The van der Waals surface area contributed by atoms with Crippen LogP contribution in [0, 0.1) is 6.92 Å². The lowest BCUT2D eigenvalue weighted by Gasteiger charge is -2.03. The fourth-order valence-electron chi connectivity index (χ4n) is 1.31. The van der Waals surface area contributed by atoms with Crippen LogP contribution in [0.1, 0.15) is 16.6 Å². The Morgan fingerprint density at radius 3 is 3.07 bits per heavy atom. The second-order valence-electron chi connectivity index (χ2n) is 2.95. The first-order valence-electron chi connectivity index (χ1n) is 4.02. The summed E-state index contributed by atoms with van der Waals surface area (Å²) in [5.41, 5.74) is 6.38. The number of nitrogens with zero attached hydrogens (tertiary/aromatic N) is 2. The average Bonchev–Trinajstić information content (AvgIpc) is 2.68. The van der Waals surface area contributed by atoms with Crippen molar-refractivity contribution in [1.29, 1.82) is 0 Å². The van der Waals surface area contributed by atoms with Gasteiger partial charge >= 0.3 is 5.97 Å². The summed E-state index contributed by atoms with van der Waals surface area (Å²) in [7, 11) is 0. The Morgan fingerprint density at radius 1 is 1.79 bits per heavy atom. The third-order valence-electron chi connectivity index (χ3n) is 2.07. The topological polar surface area (TPSA) is 80.6 Å². The molecule has 6 heteroatoms. The van der Waals surface area contributed by atoms with E-state index in [1.165, 1.54) is 11.3 Å². The number of aromatic nitrogens is 2. The van der Waals surface area contributed by atoms with Gasteiger partial charge in [-0.15, -0.1) is 0 Å². The zero-order valence-corrected chi connectivity index (χ0v) is 8.28. The summed E-state index contributed by atoms with van der Waals surface area (Å²) in [5.74, 6) is -1.02. The molecule has 0 fully saturated rings. The number of hydrogen-bond donors (Lipinski definition) is 2. The van der Waals surface area contributed by atoms with Crippen molar-refractivity contribution in [3.8, 4) is 0 Å². The summed E-state index contributed by atoms with van der Waals surface area (Å²) < 4.78 is 1.84. The highest BCUT2D eigenvalue weighted by molar-refractivity contribution is 7.17. The van der Waals surface area contributed by atoms with Gasteiger partial charge in [0.15, 0.2) is 4.96 Å². The van der Waals surface area contributed by atoms with E-state index >= 15 is 0 Å². The molecule has 2 aromatic rings. The van der Waals surface area contributed by atoms with Crippen molar-refractivity contribution >= 4 is 22.3 Å². The molecule has 0 saturated carbocycles. The zero-order valence-electron chi connectivity index (χ0n) is 7.47. The molecule has 0 aliphatic heterocycles. The highest BCUT2D eigenvalue weighted by atomic mass is 32.1. The largest absolute Gasteiger partial charge is 0.480 e. The molecule has 1 atom stereocenters. The molecule has 1 unspecified atom stereocenters. The van der Waals surface area contributed by atoms with E-state index in [-0.39, 0.29) is 0 Å². The lowest BCUT2D eigenvalue weighted by Crippen LogP contribution is -2.20. The summed E-state index contributed by atoms with van der Waals surface area (Å²) in [6.07, 6.45) is 3.47. The third-order valence-corrected chi connectivity index (χ3v) is 3.33. The van der Waals surface area contributed by atoms with Crippen LogP contribution in [0.3, 0.4) is 0 Å². The lowest BCUT2D eigenvalue weighted by atomic mass is 10.2. The monoisotopic (exact) mass is 211 g/mol. The van der Waals surface area contributed by atoms with Gasteiger partial charge in [0.05, 0.1) is 4.88 Å². The summed E-state index contributed by atoms with van der Waals surface area (Å²) in [6, 6.07) is -0.957. The molecule has 0 bridgehead atoms. The van der Waals surface area contributed by atoms with Crippen molar-refractivity contribution in [2.45, 2.75) is 13.0 Å². The number of hydrogen-bond acceptors (Lipinski definition) is 4. The van der Waals surface area contributed by atoms with Crippen LogP contribution in [-0.2, 0) is 4.79 Å². The number of aliphatic carboxylic acids is 1. The molecule has 2 heterocycles.